The summed E-state index contributed by atoms with van der Waals surface area (Å²) in [5.41, 5.74) is 1.84. The second-order valence-corrected chi connectivity index (χ2v) is 13.7. The fourth-order valence-corrected chi connectivity index (χ4v) is 10.1. The molecule has 0 atom stereocenters. The SMILES string of the molecule is O=C(/C=C/c1ccccc1)O[Te]1(OC(=O)/C=C/c2ccccc2)CCCC1. The summed E-state index contributed by atoms with van der Waals surface area (Å²) >= 11 is -3.45. The minimum absolute atomic E-state index is 0.429. The van der Waals surface area contributed by atoms with Gasteiger partial charge < -0.3 is 0 Å². The van der Waals surface area contributed by atoms with Crippen molar-refractivity contribution < 1.29 is 15.8 Å². The van der Waals surface area contributed by atoms with Crippen molar-refractivity contribution in [1.29, 1.82) is 0 Å². The Bertz CT molecular complexity index is 756. The van der Waals surface area contributed by atoms with Crippen LogP contribution in [0.2, 0.25) is 8.94 Å². The van der Waals surface area contributed by atoms with E-state index in [0.29, 0.717) is 8.94 Å². The maximum atomic E-state index is 12.3. The zero-order valence-electron chi connectivity index (χ0n) is 15.0. The van der Waals surface area contributed by atoms with E-state index >= 15 is 0 Å². The van der Waals surface area contributed by atoms with E-state index < -0.39 is 30.9 Å². The van der Waals surface area contributed by atoms with E-state index in [1.807, 2.05) is 60.7 Å². The Kier molecular flexibility index (Phi) is 6.86. The van der Waals surface area contributed by atoms with Crippen molar-refractivity contribution in [3.8, 4) is 0 Å². The fraction of sp³-hybridized carbons (Fsp3) is 0.182. The molecule has 0 spiro atoms. The Morgan fingerprint density at radius 2 is 1.11 bits per heavy atom. The van der Waals surface area contributed by atoms with Crippen molar-refractivity contribution in [2.75, 3.05) is 0 Å². The van der Waals surface area contributed by atoms with Gasteiger partial charge in [0.1, 0.15) is 0 Å². The van der Waals surface area contributed by atoms with Crippen LogP contribution in [0.5, 0.6) is 0 Å². The number of hydrogen-bond acceptors (Lipinski definition) is 4. The number of carbonyl (C=O) groups is 2. The molecule has 1 aliphatic rings. The van der Waals surface area contributed by atoms with Crippen LogP contribution in [-0.4, -0.2) is 30.9 Å². The molecule has 2 aromatic carbocycles. The maximum absolute atomic E-state index is 12.3. The number of rotatable bonds is 6. The van der Waals surface area contributed by atoms with Crippen LogP contribution >= 0.6 is 0 Å². The Morgan fingerprint density at radius 3 is 1.52 bits per heavy atom. The minimum atomic E-state index is -3.45. The van der Waals surface area contributed by atoms with Gasteiger partial charge >= 0.3 is 165 Å². The quantitative estimate of drug-likeness (QED) is 0.445. The van der Waals surface area contributed by atoms with Gasteiger partial charge in [0.05, 0.1) is 0 Å². The molecule has 0 aromatic heterocycles. The van der Waals surface area contributed by atoms with Crippen LogP contribution in [0.1, 0.15) is 24.0 Å². The average Bonchev–Trinajstić information content (AvgIpc) is 3.14. The van der Waals surface area contributed by atoms with Gasteiger partial charge in [-0.05, 0) is 0 Å². The van der Waals surface area contributed by atoms with Crippen LogP contribution in [-0.2, 0) is 15.8 Å². The van der Waals surface area contributed by atoms with E-state index in [1.54, 1.807) is 12.2 Å². The van der Waals surface area contributed by atoms with E-state index in [9.17, 15) is 9.59 Å². The second-order valence-electron chi connectivity index (χ2n) is 6.15. The first-order valence-electron chi connectivity index (χ1n) is 8.87. The molecule has 3 rings (SSSR count). The molecule has 140 valence electrons. The van der Waals surface area contributed by atoms with E-state index in [4.69, 9.17) is 6.20 Å². The van der Waals surface area contributed by atoms with Crippen molar-refractivity contribution in [2.24, 2.45) is 0 Å². The van der Waals surface area contributed by atoms with E-state index in [2.05, 4.69) is 0 Å². The molecule has 4 nitrogen and oxygen atoms in total. The molecule has 1 saturated heterocycles. The second kappa shape index (κ2) is 9.55. The van der Waals surface area contributed by atoms with Crippen molar-refractivity contribution >= 4 is 43.1 Å². The fourth-order valence-electron chi connectivity index (χ4n) is 2.74. The molecule has 27 heavy (non-hydrogen) atoms. The Hall–Kier alpha value is -2.35. The Balaban J connectivity index is 1.61. The number of hydrogen-bond donors (Lipinski definition) is 0. The van der Waals surface area contributed by atoms with Crippen LogP contribution in [0.15, 0.2) is 72.8 Å². The van der Waals surface area contributed by atoms with Crippen LogP contribution in [0.25, 0.3) is 12.2 Å². The van der Waals surface area contributed by atoms with Crippen LogP contribution in [0.3, 0.4) is 0 Å². The first-order valence-corrected chi connectivity index (χ1v) is 14.1. The first kappa shape index (κ1) is 19.4. The zero-order valence-corrected chi connectivity index (χ0v) is 17.3. The van der Waals surface area contributed by atoms with Crippen molar-refractivity contribution in [3.63, 3.8) is 0 Å². The molecule has 0 aliphatic carbocycles. The molecule has 2 aromatic rings. The number of benzene rings is 2. The van der Waals surface area contributed by atoms with Crippen molar-refractivity contribution in [3.05, 3.63) is 83.9 Å². The van der Waals surface area contributed by atoms with E-state index in [1.165, 1.54) is 12.2 Å². The van der Waals surface area contributed by atoms with Crippen LogP contribution < -0.4 is 0 Å². The van der Waals surface area contributed by atoms with E-state index in [-0.39, 0.29) is 0 Å². The van der Waals surface area contributed by atoms with Gasteiger partial charge in [0.15, 0.2) is 0 Å². The van der Waals surface area contributed by atoms with Gasteiger partial charge in [-0.1, -0.05) is 0 Å². The van der Waals surface area contributed by atoms with Gasteiger partial charge in [-0.15, -0.1) is 0 Å². The van der Waals surface area contributed by atoms with Gasteiger partial charge in [-0.25, -0.2) is 0 Å². The molecule has 0 amide bonds. The summed E-state index contributed by atoms with van der Waals surface area (Å²) < 4.78 is 12.9. The third-order valence-electron chi connectivity index (χ3n) is 4.05. The normalized spacial score (nSPS) is 17.0. The number of carbonyl (C=O) groups excluding carboxylic acids is 2. The summed E-state index contributed by atoms with van der Waals surface area (Å²) in [6, 6.07) is 19.1. The van der Waals surface area contributed by atoms with Crippen molar-refractivity contribution in [1.82, 2.24) is 0 Å². The standard InChI is InChI=1S/C22H22O4Te/c23-21(15-13-19-9-3-1-4-10-19)25-27(17-7-8-18-27)26-22(24)16-14-20-11-5-2-6-12-20/h1-6,9-16H,7-8,17-18H2/b15-13+,16-14+. The van der Waals surface area contributed by atoms with Gasteiger partial charge in [0.25, 0.3) is 0 Å². The van der Waals surface area contributed by atoms with Gasteiger partial charge in [-0.2, -0.15) is 0 Å². The summed E-state index contributed by atoms with van der Waals surface area (Å²) in [7, 11) is 0. The molecule has 1 fully saturated rings. The predicted molar refractivity (Wildman–Crippen MR) is 108 cm³/mol. The molecule has 0 unspecified atom stereocenters. The Labute approximate surface area is 164 Å². The molecule has 5 heteroatoms. The predicted octanol–water partition coefficient (Wildman–Crippen LogP) is 4.74. The molecule has 0 bridgehead atoms. The third kappa shape index (κ3) is 6.09. The average molecular weight is 478 g/mol. The summed E-state index contributed by atoms with van der Waals surface area (Å²) in [5, 5.41) is 0. The summed E-state index contributed by atoms with van der Waals surface area (Å²) in [5.74, 6) is -0.858. The zero-order chi connectivity index (χ0) is 19.0. The molecule has 1 heterocycles. The molecular formula is C22H22O4Te. The summed E-state index contributed by atoms with van der Waals surface area (Å²) in [6.45, 7) is 0. The van der Waals surface area contributed by atoms with Gasteiger partial charge in [0, 0.05) is 0 Å². The monoisotopic (exact) mass is 480 g/mol. The van der Waals surface area contributed by atoms with Crippen LogP contribution in [0, 0.1) is 0 Å². The molecule has 0 saturated carbocycles. The third-order valence-corrected chi connectivity index (χ3v) is 11.9. The molecule has 1 aliphatic heterocycles. The van der Waals surface area contributed by atoms with E-state index in [0.717, 1.165) is 24.0 Å². The molecule has 0 radical (unpaired) electrons. The molecule has 0 N–H and O–H groups in total. The summed E-state index contributed by atoms with van der Waals surface area (Å²) in [6.07, 6.45) is 8.12. The molecular weight excluding hydrogens is 456 g/mol. The van der Waals surface area contributed by atoms with Crippen molar-refractivity contribution in [2.45, 2.75) is 21.8 Å². The topological polar surface area (TPSA) is 52.6 Å². The van der Waals surface area contributed by atoms with Crippen LogP contribution in [0.4, 0.5) is 0 Å². The van der Waals surface area contributed by atoms with Gasteiger partial charge in [0.2, 0.25) is 0 Å². The summed E-state index contributed by atoms with van der Waals surface area (Å²) in [4.78, 5) is 24.5. The first-order chi connectivity index (χ1) is 13.2. The Morgan fingerprint density at radius 1 is 0.704 bits per heavy atom. The van der Waals surface area contributed by atoms with Gasteiger partial charge in [-0.3, -0.25) is 0 Å².